The van der Waals surface area contributed by atoms with Gasteiger partial charge in [0.05, 0.1) is 15.5 Å². The summed E-state index contributed by atoms with van der Waals surface area (Å²) in [5.74, 6) is -0.110. The first-order chi connectivity index (χ1) is 14.1. The van der Waals surface area contributed by atoms with Crippen molar-refractivity contribution in [3.8, 4) is 11.5 Å². The fourth-order valence-corrected chi connectivity index (χ4v) is 3.29. The number of halogens is 4. The van der Waals surface area contributed by atoms with Gasteiger partial charge in [0.1, 0.15) is 22.1 Å². The molecule has 0 aliphatic heterocycles. The van der Waals surface area contributed by atoms with Crippen molar-refractivity contribution in [3.05, 3.63) is 87.1 Å². The average Bonchev–Trinajstić information content (AvgIpc) is 2.69. The van der Waals surface area contributed by atoms with Crippen molar-refractivity contribution in [1.29, 1.82) is 0 Å². The molecule has 2 aromatic carbocycles. The molecule has 0 fully saturated rings. The van der Waals surface area contributed by atoms with Crippen molar-refractivity contribution in [2.24, 2.45) is 0 Å². The first-order valence-electron chi connectivity index (χ1n) is 8.11. The van der Waals surface area contributed by atoms with Crippen LogP contribution in [0.1, 0.15) is 15.9 Å². The molecule has 1 aromatic heterocycles. The molecule has 0 unspecified atom stereocenters. The number of carbonyl (C=O) groups is 1. The molecular formula is C19H10ClF3N2O4S. The van der Waals surface area contributed by atoms with Crippen molar-refractivity contribution >= 4 is 34.2 Å². The van der Waals surface area contributed by atoms with Crippen LogP contribution in [0.5, 0.6) is 11.5 Å². The molecule has 154 valence electrons. The normalized spacial score (nSPS) is 11.2. The number of nitrogens with zero attached hydrogens (tertiary/aromatic N) is 2. The first kappa shape index (κ1) is 21.6. The van der Waals surface area contributed by atoms with Gasteiger partial charge in [-0.15, -0.1) is 0 Å². The second-order valence-electron chi connectivity index (χ2n) is 5.74. The van der Waals surface area contributed by atoms with E-state index in [1.807, 2.05) is 0 Å². The quantitative estimate of drug-likeness (QED) is 0.252. The van der Waals surface area contributed by atoms with Crippen LogP contribution in [0.15, 0.2) is 65.8 Å². The number of aromatic nitrogens is 1. The Morgan fingerprint density at radius 1 is 1.13 bits per heavy atom. The molecule has 0 amide bonds. The summed E-state index contributed by atoms with van der Waals surface area (Å²) in [6.45, 7) is 0. The van der Waals surface area contributed by atoms with Crippen molar-refractivity contribution in [2.75, 3.05) is 0 Å². The molecule has 6 nitrogen and oxygen atoms in total. The summed E-state index contributed by atoms with van der Waals surface area (Å²) in [4.78, 5) is 27.1. The minimum atomic E-state index is -4.57. The monoisotopic (exact) mass is 454 g/mol. The highest BCUT2D eigenvalue weighted by molar-refractivity contribution is 8.14. The minimum Gasteiger partial charge on any atom is -0.456 e. The molecule has 3 rings (SSSR count). The highest BCUT2D eigenvalue weighted by Crippen LogP contribution is 2.37. The smallest absolute Gasteiger partial charge is 0.416 e. The van der Waals surface area contributed by atoms with E-state index in [2.05, 4.69) is 4.98 Å². The maximum Gasteiger partial charge on any atom is 0.416 e. The Morgan fingerprint density at radius 2 is 1.90 bits per heavy atom. The second-order valence-corrected chi connectivity index (χ2v) is 7.14. The van der Waals surface area contributed by atoms with Gasteiger partial charge in [-0.25, -0.2) is 4.98 Å². The number of thioether (sulfide) groups is 1. The summed E-state index contributed by atoms with van der Waals surface area (Å²) in [5.41, 5.74) is -1.66. The molecule has 0 saturated heterocycles. The Kier molecular flexibility index (Phi) is 6.28. The second kappa shape index (κ2) is 8.72. The molecule has 1 heterocycles. The van der Waals surface area contributed by atoms with E-state index in [-0.39, 0.29) is 22.1 Å². The minimum absolute atomic E-state index is 0.00719. The predicted molar refractivity (Wildman–Crippen MR) is 104 cm³/mol. The molecule has 0 atom stereocenters. The third kappa shape index (κ3) is 5.08. The van der Waals surface area contributed by atoms with E-state index in [1.54, 1.807) is 18.2 Å². The lowest BCUT2D eigenvalue weighted by molar-refractivity contribution is -0.385. The molecule has 30 heavy (non-hydrogen) atoms. The van der Waals surface area contributed by atoms with E-state index in [1.165, 1.54) is 12.3 Å². The number of hydrogen-bond donors (Lipinski definition) is 0. The van der Waals surface area contributed by atoms with Gasteiger partial charge in [-0.1, -0.05) is 17.7 Å². The lowest BCUT2D eigenvalue weighted by Gasteiger charge is -2.12. The van der Waals surface area contributed by atoms with Crippen LogP contribution in [0, 0.1) is 10.1 Å². The maximum atomic E-state index is 12.8. The van der Waals surface area contributed by atoms with E-state index in [4.69, 9.17) is 16.3 Å². The van der Waals surface area contributed by atoms with Crippen molar-refractivity contribution in [3.63, 3.8) is 0 Å². The van der Waals surface area contributed by atoms with Crippen molar-refractivity contribution in [2.45, 2.75) is 11.2 Å². The Morgan fingerprint density at radius 3 is 2.50 bits per heavy atom. The standard InChI is InChI=1S/C19H10ClF3N2O4S/c20-14-9-11(19(21,22)23)4-7-16(14)29-12-5-6-15(25(27)28)13(10-12)18(26)30-17-3-1-2-8-24-17/h1-10H. The van der Waals surface area contributed by atoms with E-state index in [0.29, 0.717) is 22.9 Å². The van der Waals surface area contributed by atoms with Gasteiger partial charge in [-0.2, -0.15) is 13.2 Å². The van der Waals surface area contributed by atoms with Crippen LogP contribution in [0.25, 0.3) is 0 Å². The Bertz CT molecular complexity index is 1110. The van der Waals surface area contributed by atoms with Crippen molar-refractivity contribution in [1.82, 2.24) is 4.98 Å². The fourth-order valence-electron chi connectivity index (χ4n) is 2.35. The molecule has 0 aliphatic rings. The highest BCUT2D eigenvalue weighted by Gasteiger charge is 2.31. The zero-order chi connectivity index (χ0) is 21.9. The number of pyridine rings is 1. The summed E-state index contributed by atoms with van der Waals surface area (Å²) in [7, 11) is 0. The van der Waals surface area contributed by atoms with E-state index in [0.717, 1.165) is 24.3 Å². The fraction of sp³-hybridized carbons (Fsp3) is 0.0526. The summed E-state index contributed by atoms with van der Waals surface area (Å²) in [6.07, 6.45) is -3.10. The molecular weight excluding hydrogens is 445 g/mol. The van der Waals surface area contributed by atoms with Crippen molar-refractivity contribution < 1.29 is 27.6 Å². The lowest BCUT2D eigenvalue weighted by Crippen LogP contribution is -2.04. The average molecular weight is 455 g/mol. The lowest BCUT2D eigenvalue weighted by atomic mass is 10.2. The number of ether oxygens (including phenoxy) is 1. The van der Waals surface area contributed by atoms with Gasteiger partial charge in [0.15, 0.2) is 0 Å². The van der Waals surface area contributed by atoms with Crippen LogP contribution >= 0.6 is 23.4 Å². The zero-order valence-electron chi connectivity index (χ0n) is 14.7. The van der Waals surface area contributed by atoms with Crippen LogP contribution < -0.4 is 4.74 Å². The first-order valence-corrected chi connectivity index (χ1v) is 9.31. The molecule has 0 aliphatic carbocycles. The number of carbonyl (C=O) groups excluding carboxylic acids is 1. The van der Waals surface area contributed by atoms with Gasteiger partial charge in [0, 0.05) is 12.3 Å². The maximum absolute atomic E-state index is 12.8. The van der Waals surface area contributed by atoms with Crippen LogP contribution in [-0.4, -0.2) is 15.0 Å². The number of nitro benzene ring substituents is 1. The Balaban J connectivity index is 1.91. The number of benzene rings is 2. The van der Waals surface area contributed by atoms with Gasteiger partial charge >= 0.3 is 6.18 Å². The number of hydrogen-bond acceptors (Lipinski definition) is 6. The third-order valence-electron chi connectivity index (χ3n) is 3.71. The summed E-state index contributed by atoms with van der Waals surface area (Å²) in [5, 5.41) is 10.7. The van der Waals surface area contributed by atoms with E-state index in [9.17, 15) is 28.1 Å². The van der Waals surface area contributed by atoms with Gasteiger partial charge < -0.3 is 4.74 Å². The topological polar surface area (TPSA) is 82.3 Å². The summed E-state index contributed by atoms with van der Waals surface area (Å²) in [6, 6.07) is 10.8. The third-order valence-corrected chi connectivity index (χ3v) is 4.86. The Hall–Kier alpha value is -3.11. The molecule has 11 heteroatoms. The number of alkyl halides is 3. The molecule has 0 bridgehead atoms. The van der Waals surface area contributed by atoms with E-state index >= 15 is 0 Å². The van der Waals surface area contributed by atoms with Crippen LogP contribution in [0.2, 0.25) is 5.02 Å². The van der Waals surface area contributed by atoms with E-state index < -0.39 is 27.5 Å². The van der Waals surface area contributed by atoms with Crippen LogP contribution in [0.3, 0.4) is 0 Å². The molecule has 0 radical (unpaired) electrons. The molecule has 3 aromatic rings. The predicted octanol–water partition coefficient (Wildman–Crippen LogP) is 6.39. The Labute approximate surface area is 176 Å². The van der Waals surface area contributed by atoms with Gasteiger partial charge in [0.25, 0.3) is 5.69 Å². The number of rotatable bonds is 5. The zero-order valence-corrected chi connectivity index (χ0v) is 16.3. The summed E-state index contributed by atoms with van der Waals surface area (Å²) >= 11 is 6.55. The SMILES string of the molecule is O=C(Sc1ccccn1)c1cc(Oc2ccc(C(F)(F)F)cc2Cl)ccc1[N+](=O)[O-]. The number of nitro groups is 1. The summed E-state index contributed by atoms with van der Waals surface area (Å²) < 4.78 is 43.7. The van der Waals surface area contributed by atoms with Gasteiger partial charge in [-0.05, 0) is 54.2 Å². The van der Waals surface area contributed by atoms with Crippen LogP contribution in [0.4, 0.5) is 18.9 Å². The van der Waals surface area contributed by atoms with Crippen LogP contribution in [-0.2, 0) is 6.18 Å². The largest absolute Gasteiger partial charge is 0.456 e. The molecule has 0 N–H and O–H groups in total. The molecule has 0 spiro atoms. The highest BCUT2D eigenvalue weighted by atomic mass is 35.5. The van der Waals surface area contributed by atoms with Gasteiger partial charge in [0.2, 0.25) is 5.12 Å². The van der Waals surface area contributed by atoms with Gasteiger partial charge in [-0.3, -0.25) is 14.9 Å². The molecule has 0 saturated carbocycles.